The number of amides is 2. The van der Waals surface area contributed by atoms with Gasteiger partial charge in [0, 0.05) is 36.0 Å². The molecule has 0 bridgehead atoms. The van der Waals surface area contributed by atoms with E-state index in [0.29, 0.717) is 24.4 Å². The monoisotopic (exact) mass is 445 g/mol. The molecule has 0 aliphatic carbocycles. The van der Waals surface area contributed by atoms with Crippen molar-refractivity contribution in [3.63, 3.8) is 0 Å². The molecule has 3 rings (SSSR count). The standard InChI is InChI=1S/C27H31N3O3/c1-2-3-16-28-27(32)22-11-7-13-24(18-22)30-26(31)20-29-23-12-8-14-25(19-23)33-17-15-21-9-5-4-6-10-21/h4-14,18-19,29H,2-3,15-17,20H2,1H3,(H,28,32)(H,30,31). The average molecular weight is 446 g/mol. The van der Waals surface area contributed by atoms with Crippen molar-refractivity contribution in [2.45, 2.75) is 26.2 Å². The molecule has 3 N–H and O–H groups in total. The number of unbranched alkanes of at least 4 members (excludes halogenated alkanes) is 1. The predicted molar refractivity (Wildman–Crippen MR) is 133 cm³/mol. The van der Waals surface area contributed by atoms with E-state index in [-0.39, 0.29) is 18.4 Å². The molecule has 6 heteroatoms. The van der Waals surface area contributed by atoms with Crippen LogP contribution in [0.2, 0.25) is 0 Å². The topological polar surface area (TPSA) is 79.5 Å². The van der Waals surface area contributed by atoms with E-state index < -0.39 is 0 Å². The molecule has 0 atom stereocenters. The molecule has 2 amide bonds. The van der Waals surface area contributed by atoms with Crippen molar-refractivity contribution in [1.29, 1.82) is 0 Å². The van der Waals surface area contributed by atoms with Crippen LogP contribution in [-0.2, 0) is 11.2 Å². The normalized spacial score (nSPS) is 10.3. The molecule has 0 saturated carbocycles. The lowest BCUT2D eigenvalue weighted by atomic mass is 10.2. The van der Waals surface area contributed by atoms with Crippen LogP contribution in [0, 0.1) is 0 Å². The van der Waals surface area contributed by atoms with Gasteiger partial charge in [0.1, 0.15) is 5.75 Å². The summed E-state index contributed by atoms with van der Waals surface area (Å²) in [6.07, 6.45) is 2.79. The third kappa shape index (κ3) is 8.33. The summed E-state index contributed by atoms with van der Waals surface area (Å²) in [5.74, 6) is 0.411. The first kappa shape index (κ1) is 23.9. The summed E-state index contributed by atoms with van der Waals surface area (Å²) in [6, 6.07) is 24.7. The first-order valence-corrected chi connectivity index (χ1v) is 11.3. The summed E-state index contributed by atoms with van der Waals surface area (Å²) in [5, 5.41) is 8.82. The molecule has 0 aliphatic rings. The van der Waals surface area contributed by atoms with Crippen LogP contribution in [0.5, 0.6) is 5.75 Å². The van der Waals surface area contributed by atoms with Crippen molar-refractivity contribution in [3.8, 4) is 5.75 Å². The van der Waals surface area contributed by atoms with Gasteiger partial charge in [0.2, 0.25) is 5.91 Å². The molecule has 0 heterocycles. The van der Waals surface area contributed by atoms with Crippen LogP contribution in [0.1, 0.15) is 35.7 Å². The molecular weight excluding hydrogens is 414 g/mol. The molecule has 0 fully saturated rings. The van der Waals surface area contributed by atoms with Gasteiger partial charge in [-0.25, -0.2) is 0 Å². The van der Waals surface area contributed by atoms with Gasteiger partial charge in [-0.2, -0.15) is 0 Å². The maximum absolute atomic E-state index is 12.4. The highest BCUT2D eigenvalue weighted by Crippen LogP contribution is 2.18. The second kappa shape index (κ2) is 12.9. The van der Waals surface area contributed by atoms with Gasteiger partial charge in [0.25, 0.3) is 5.91 Å². The minimum atomic E-state index is -0.200. The molecule has 0 saturated heterocycles. The Balaban J connectivity index is 1.45. The molecule has 6 nitrogen and oxygen atoms in total. The number of ether oxygens (including phenoxy) is 1. The minimum absolute atomic E-state index is 0.0976. The maximum Gasteiger partial charge on any atom is 0.251 e. The lowest BCUT2D eigenvalue weighted by Crippen LogP contribution is -2.25. The number of carbonyl (C=O) groups excluding carboxylic acids is 2. The van der Waals surface area contributed by atoms with E-state index in [9.17, 15) is 9.59 Å². The SMILES string of the molecule is CCCCNC(=O)c1cccc(NC(=O)CNc2cccc(OCCc3ccccc3)c2)c1. The molecule has 0 spiro atoms. The quantitative estimate of drug-likeness (QED) is 0.347. The molecular formula is C27H31N3O3. The number of carbonyl (C=O) groups is 2. The van der Waals surface area contributed by atoms with Crippen LogP contribution in [0.15, 0.2) is 78.9 Å². The smallest absolute Gasteiger partial charge is 0.251 e. The summed E-state index contributed by atoms with van der Waals surface area (Å²) in [7, 11) is 0. The van der Waals surface area contributed by atoms with Crippen LogP contribution in [0.25, 0.3) is 0 Å². The summed E-state index contributed by atoms with van der Waals surface area (Å²) < 4.78 is 5.85. The highest BCUT2D eigenvalue weighted by molar-refractivity contribution is 5.98. The van der Waals surface area contributed by atoms with E-state index in [0.717, 1.165) is 30.7 Å². The second-order valence-electron chi connectivity index (χ2n) is 7.70. The van der Waals surface area contributed by atoms with Crippen molar-refractivity contribution in [2.24, 2.45) is 0 Å². The molecule has 0 unspecified atom stereocenters. The molecule has 33 heavy (non-hydrogen) atoms. The summed E-state index contributed by atoms with van der Waals surface area (Å²) >= 11 is 0. The van der Waals surface area contributed by atoms with Crippen LogP contribution in [-0.4, -0.2) is 31.5 Å². The van der Waals surface area contributed by atoms with Crippen molar-refractivity contribution < 1.29 is 14.3 Å². The molecule has 0 aromatic heterocycles. The van der Waals surface area contributed by atoms with Gasteiger partial charge in [-0.1, -0.05) is 55.8 Å². The van der Waals surface area contributed by atoms with E-state index >= 15 is 0 Å². The Kier molecular flexibility index (Phi) is 9.33. The van der Waals surface area contributed by atoms with E-state index in [1.165, 1.54) is 5.56 Å². The average Bonchev–Trinajstić information content (AvgIpc) is 2.84. The fourth-order valence-corrected chi connectivity index (χ4v) is 3.23. The van der Waals surface area contributed by atoms with E-state index in [1.54, 1.807) is 24.3 Å². The number of anilines is 2. The maximum atomic E-state index is 12.4. The third-order valence-corrected chi connectivity index (χ3v) is 5.01. The van der Waals surface area contributed by atoms with Crippen LogP contribution in [0.3, 0.4) is 0 Å². The summed E-state index contributed by atoms with van der Waals surface area (Å²) in [5.41, 5.74) is 3.14. The zero-order valence-electron chi connectivity index (χ0n) is 19.0. The zero-order chi connectivity index (χ0) is 23.3. The largest absolute Gasteiger partial charge is 0.493 e. The molecule has 172 valence electrons. The Morgan fingerprint density at radius 1 is 0.879 bits per heavy atom. The lowest BCUT2D eigenvalue weighted by Gasteiger charge is -2.11. The van der Waals surface area contributed by atoms with Crippen LogP contribution < -0.4 is 20.7 Å². The van der Waals surface area contributed by atoms with Gasteiger partial charge in [-0.05, 0) is 42.3 Å². The summed E-state index contributed by atoms with van der Waals surface area (Å²) in [4.78, 5) is 24.6. The van der Waals surface area contributed by atoms with E-state index in [1.807, 2.05) is 42.5 Å². The van der Waals surface area contributed by atoms with Crippen LogP contribution >= 0.6 is 0 Å². The van der Waals surface area contributed by atoms with Crippen molar-refractivity contribution in [3.05, 3.63) is 90.0 Å². The van der Waals surface area contributed by atoms with Crippen LogP contribution in [0.4, 0.5) is 11.4 Å². The van der Waals surface area contributed by atoms with Gasteiger partial charge in [0.15, 0.2) is 0 Å². The Labute approximate surface area is 195 Å². The zero-order valence-corrected chi connectivity index (χ0v) is 19.0. The molecule has 0 radical (unpaired) electrons. The number of hydrogen-bond acceptors (Lipinski definition) is 4. The van der Waals surface area contributed by atoms with E-state index in [4.69, 9.17) is 4.74 Å². The van der Waals surface area contributed by atoms with Crippen molar-refractivity contribution in [1.82, 2.24) is 5.32 Å². The number of nitrogens with one attached hydrogen (secondary N) is 3. The third-order valence-electron chi connectivity index (χ3n) is 5.01. The Hall–Kier alpha value is -3.80. The minimum Gasteiger partial charge on any atom is -0.493 e. The van der Waals surface area contributed by atoms with Gasteiger partial charge >= 0.3 is 0 Å². The fraction of sp³-hybridized carbons (Fsp3) is 0.259. The van der Waals surface area contributed by atoms with Crippen molar-refractivity contribution >= 4 is 23.2 Å². The Bertz CT molecular complexity index is 1040. The highest BCUT2D eigenvalue weighted by atomic mass is 16.5. The lowest BCUT2D eigenvalue weighted by molar-refractivity contribution is -0.114. The Morgan fingerprint density at radius 2 is 1.67 bits per heavy atom. The number of benzene rings is 3. The second-order valence-corrected chi connectivity index (χ2v) is 7.70. The molecule has 3 aromatic carbocycles. The van der Waals surface area contributed by atoms with Gasteiger partial charge < -0.3 is 20.7 Å². The first-order chi connectivity index (χ1) is 16.1. The molecule has 3 aromatic rings. The fourth-order valence-electron chi connectivity index (χ4n) is 3.23. The first-order valence-electron chi connectivity index (χ1n) is 11.3. The highest BCUT2D eigenvalue weighted by Gasteiger charge is 2.08. The number of rotatable bonds is 12. The Morgan fingerprint density at radius 3 is 2.48 bits per heavy atom. The predicted octanol–water partition coefficient (Wildman–Crippen LogP) is 4.89. The van der Waals surface area contributed by atoms with Gasteiger partial charge in [0.05, 0.1) is 13.2 Å². The number of hydrogen-bond donors (Lipinski definition) is 3. The summed E-state index contributed by atoms with van der Waals surface area (Å²) in [6.45, 7) is 3.40. The van der Waals surface area contributed by atoms with E-state index in [2.05, 4.69) is 35.0 Å². The van der Waals surface area contributed by atoms with Gasteiger partial charge in [-0.3, -0.25) is 9.59 Å². The van der Waals surface area contributed by atoms with Crippen molar-refractivity contribution in [2.75, 3.05) is 30.3 Å². The van der Waals surface area contributed by atoms with Gasteiger partial charge in [-0.15, -0.1) is 0 Å². The molecule has 0 aliphatic heterocycles.